The average molecular weight is 391 g/mol. The predicted molar refractivity (Wildman–Crippen MR) is 106 cm³/mol. The molecule has 0 aliphatic heterocycles. The van der Waals surface area contributed by atoms with Gasteiger partial charge in [-0.15, -0.1) is 10.2 Å². The third kappa shape index (κ3) is 6.02. The molecule has 2 amide bonds. The van der Waals surface area contributed by atoms with Gasteiger partial charge in [0, 0.05) is 12.8 Å². The number of benzene rings is 1. The summed E-state index contributed by atoms with van der Waals surface area (Å²) in [7, 11) is 1.59. The van der Waals surface area contributed by atoms with Crippen LogP contribution >= 0.6 is 11.3 Å². The Bertz CT molecular complexity index is 757. The molecule has 0 saturated heterocycles. The minimum atomic E-state index is -0.431. The molecule has 2 rings (SSSR count). The van der Waals surface area contributed by atoms with Crippen LogP contribution in [0, 0.1) is 0 Å². The summed E-state index contributed by atoms with van der Waals surface area (Å²) < 4.78 is 5.15. The summed E-state index contributed by atoms with van der Waals surface area (Å²) >= 11 is 1.40. The molecule has 0 aliphatic rings. The van der Waals surface area contributed by atoms with Crippen molar-refractivity contribution in [3.05, 3.63) is 34.8 Å². The minimum absolute atomic E-state index is 0.103. The first-order valence-corrected chi connectivity index (χ1v) is 9.82. The van der Waals surface area contributed by atoms with E-state index in [1.807, 2.05) is 12.1 Å². The average Bonchev–Trinajstić information content (AvgIpc) is 3.10. The van der Waals surface area contributed by atoms with E-state index in [1.54, 1.807) is 19.2 Å². The summed E-state index contributed by atoms with van der Waals surface area (Å²) in [6.07, 6.45) is 2.08. The van der Waals surface area contributed by atoms with Crippen molar-refractivity contribution in [1.82, 2.24) is 15.5 Å². The maximum absolute atomic E-state index is 12.5. The van der Waals surface area contributed by atoms with Crippen LogP contribution in [-0.4, -0.2) is 29.1 Å². The summed E-state index contributed by atoms with van der Waals surface area (Å²) in [4.78, 5) is 24.0. The molecule has 0 spiro atoms. The Hall–Kier alpha value is -2.48. The number of hydrogen-bond acceptors (Lipinski definition) is 6. The van der Waals surface area contributed by atoms with Crippen LogP contribution in [0.25, 0.3) is 0 Å². The lowest BCUT2D eigenvalue weighted by molar-refractivity contribution is -0.120. The molecular weight excluding hydrogens is 364 g/mol. The molecule has 1 aromatic heterocycles. The Morgan fingerprint density at radius 1 is 1.15 bits per heavy atom. The number of hydrogen-bond donors (Lipinski definition) is 2. The van der Waals surface area contributed by atoms with E-state index in [1.165, 1.54) is 18.3 Å². The Balaban J connectivity index is 2.05. The van der Waals surface area contributed by atoms with E-state index >= 15 is 0 Å². The van der Waals surface area contributed by atoms with Gasteiger partial charge in [0.05, 0.1) is 19.6 Å². The van der Waals surface area contributed by atoms with E-state index in [0.29, 0.717) is 16.8 Å². The van der Waals surface area contributed by atoms with Gasteiger partial charge >= 0.3 is 0 Å². The SMILES string of the molecule is CCC(CC)c1nnc(NC(=O)C[C@H](NC(C)=O)c2ccc(OC)cc2)s1. The normalized spacial score (nSPS) is 11.9. The van der Waals surface area contributed by atoms with E-state index in [4.69, 9.17) is 4.74 Å². The number of rotatable bonds is 9. The fraction of sp³-hybridized carbons (Fsp3) is 0.474. The Morgan fingerprint density at radius 3 is 2.37 bits per heavy atom. The molecule has 27 heavy (non-hydrogen) atoms. The Kier molecular flexibility index (Phi) is 7.72. The zero-order chi connectivity index (χ0) is 19.8. The molecule has 2 aromatic rings. The van der Waals surface area contributed by atoms with E-state index in [0.717, 1.165) is 23.4 Å². The molecule has 0 saturated carbocycles. The van der Waals surface area contributed by atoms with Crippen molar-refractivity contribution in [1.29, 1.82) is 0 Å². The lowest BCUT2D eigenvalue weighted by Gasteiger charge is -2.18. The highest BCUT2D eigenvalue weighted by molar-refractivity contribution is 7.15. The van der Waals surface area contributed by atoms with Gasteiger partial charge in [-0.3, -0.25) is 9.59 Å². The molecule has 0 fully saturated rings. The molecule has 0 unspecified atom stereocenters. The molecule has 2 N–H and O–H groups in total. The van der Waals surface area contributed by atoms with Gasteiger partial charge in [0.1, 0.15) is 10.8 Å². The number of carbonyl (C=O) groups excluding carboxylic acids is 2. The number of amides is 2. The summed E-state index contributed by atoms with van der Waals surface area (Å²) in [6, 6.07) is 6.84. The minimum Gasteiger partial charge on any atom is -0.497 e. The van der Waals surface area contributed by atoms with Crippen LogP contribution in [0.5, 0.6) is 5.75 Å². The Morgan fingerprint density at radius 2 is 1.81 bits per heavy atom. The lowest BCUT2D eigenvalue weighted by Crippen LogP contribution is -2.29. The van der Waals surface area contributed by atoms with Crippen LogP contribution in [0.1, 0.15) is 62.6 Å². The number of nitrogens with zero attached hydrogens (tertiary/aromatic N) is 2. The molecule has 8 heteroatoms. The number of anilines is 1. The zero-order valence-electron chi connectivity index (χ0n) is 16.1. The van der Waals surface area contributed by atoms with Crippen LogP contribution < -0.4 is 15.4 Å². The van der Waals surface area contributed by atoms with Gasteiger partial charge in [-0.25, -0.2) is 0 Å². The van der Waals surface area contributed by atoms with Gasteiger partial charge in [-0.2, -0.15) is 0 Å². The van der Waals surface area contributed by atoms with Gasteiger partial charge in [-0.05, 0) is 30.5 Å². The third-order valence-electron chi connectivity index (χ3n) is 4.31. The van der Waals surface area contributed by atoms with E-state index in [-0.39, 0.29) is 18.2 Å². The van der Waals surface area contributed by atoms with Gasteiger partial charge in [-0.1, -0.05) is 37.3 Å². The summed E-state index contributed by atoms with van der Waals surface area (Å²) in [5.74, 6) is 0.652. The highest BCUT2D eigenvalue weighted by Crippen LogP contribution is 2.28. The number of nitrogens with one attached hydrogen (secondary N) is 2. The summed E-state index contributed by atoms with van der Waals surface area (Å²) in [5, 5.41) is 15.3. The maximum atomic E-state index is 12.5. The summed E-state index contributed by atoms with van der Waals surface area (Å²) in [5.41, 5.74) is 0.830. The highest BCUT2D eigenvalue weighted by Gasteiger charge is 2.19. The van der Waals surface area contributed by atoms with Crippen molar-refractivity contribution in [3.8, 4) is 5.75 Å². The van der Waals surface area contributed by atoms with Crippen LogP contribution in [0.4, 0.5) is 5.13 Å². The first-order chi connectivity index (χ1) is 13.0. The number of carbonyl (C=O) groups is 2. The zero-order valence-corrected chi connectivity index (χ0v) is 16.9. The number of aromatic nitrogens is 2. The van der Waals surface area contributed by atoms with Gasteiger partial charge in [0.25, 0.3) is 0 Å². The van der Waals surface area contributed by atoms with Gasteiger partial charge in [0.15, 0.2) is 0 Å². The Labute approximate surface area is 163 Å². The van der Waals surface area contributed by atoms with Crippen molar-refractivity contribution in [2.75, 3.05) is 12.4 Å². The van der Waals surface area contributed by atoms with Crippen LogP contribution in [0.2, 0.25) is 0 Å². The second kappa shape index (κ2) is 10.0. The molecule has 146 valence electrons. The van der Waals surface area contributed by atoms with Crippen molar-refractivity contribution < 1.29 is 14.3 Å². The van der Waals surface area contributed by atoms with Gasteiger partial charge < -0.3 is 15.4 Å². The third-order valence-corrected chi connectivity index (χ3v) is 5.31. The molecule has 7 nitrogen and oxygen atoms in total. The second-order valence-corrected chi connectivity index (χ2v) is 7.25. The molecule has 0 bridgehead atoms. The standard InChI is InChI=1S/C19H26N4O3S/c1-5-13(6-2)18-22-23-19(27-18)21-17(25)11-16(20-12(3)24)14-7-9-15(26-4)10-8-14/h7-10,13,16H,5-6,11H2,1-4H3,(H,20,24)(H,21,23,25)/t16-/m0/s1. The molecule has 1 heterocycles. The van der Waals surface area contributed by atoms with Crippen LogP contribution in [0.15, 0.2) is 24.3 Å². The fourth-order valence-electron chi connectivity index (χ4n) is 2.78. The maximum Gasteiger partial charge on any atom is 0.228 e. The van der Waals surface area contributed by atoms with Crippen molar-refractivity contribution in [3.63, 3.8) is 0 Å². The molecule has 0 aliphatic carbocycles. The highest BCUT2D eigenvalue weighted by atomic mass is 32.1. The van der Waals surface area contributed by atoms with Crippen molar-refractivity contribution in [2.24, 2.45) is 0 Å². The molecule has 1 aromatic carbocycles. The van der Waals surface area contributed by atoms with Crippen molar-refractivity contribution >= 4 is 28.3 Å². The summed E-state index contributed by atoms with van der Waals surface area (Å²) in [6.45, 7) is 5.66. The first kappa shape index (κ1) is 20.8. The van der Waals surface area contributed by atoms with E-state index in [2.05, 4.69) is 34.7 Å². The van der Waals surface area contributed by atoms with E-state index < -0.39 is 6.04 Å². The topological polar surface area (TPSA) is 93.2 Å². The van der Waals surface area contributed by atoms with E-state index in [9.17, 15) is 9.59 Å². The quantitative estimate of drug-likeness (QED) is 0.682. The molecular formula is C19H26N4O3S. The van der Waals surface area contributed by atoms with Crippen LogP contribution in [0.3, 0.4) is 0 Å². The molecule has 0 radical (unpaired) electrons. The predicted octanol–water partition coefficient (Wildman–Crippen LogP) is 3.66. The molecule has 1 atom stereocenters. The van der Waals surface area contributed by atoms with Gasteiger partial charge in [0.2, 0.25) is 16.9 Å². The first-order valence-electron chi connectivity index (χ1n) is 9.01. The monoisotopic (exact) mass is 390 g/mol. The second-order valence-electron chi connectivity index (χ2n) is 6.24. The number of ether oxygens (including phenoxy) is 1. The lowest BCUT2D eigenvalue weighted by atomic mass is 10.0. The van der Waals surface area contributed by atoms with Crippen molar-refractivity contribution in [2.45, 2.75) is 52.0 Å². The smallest absolute Gasteiger partial charge is 0.228 e. The largest absolute Gasteiger partial charge is 0.497 e. The fourth-order valence-corrected chi connectivity index (χ4v) is 3.80. The van der Waals surface area contributed by atoms with Crippen LogP contribution in [-0.2, 0) is 9.59 Å². The number of methoxy groups -OCH3 is 1.